The SMILES string of the molecule is CCC1CCCN1C(C)C(=O)Nc1cccc(N)c1. The number of hydrogen-bond donors (Lipinski definition) is 2. The van der Waals surface area contributed by atoms with Gasteiger partial charge in [-0.3, -0.25) is 9.69 Å². The van der Waals surface area contributed by atoms with Crippen LogP contribution < -0.4 is 11.1 Å². The molecule has 0 spiro atoms. The van der Waals surface area contributed by atoms with E-state index in [1.807, 2.05) is 25.1 Å². The Balaban J connectivity index is 1.99. The minimum absolute atomic E-state index is 0.0472. The first-order valence-electron chi connectivity index (χ1n) is 7.04. The van der Waals surface area contributed by atoms with Crippen LogP contribution in [0.3, 0.4) is 0 Å². The maximum atomic E-state index is 12.3. The standard InChI is InChI=1S/C15H23N3O/c1-3-14-8-5-9-18(14)11(2)15(19)17-13-7-4-6-12(16)10-13/h4,6-7,10-11,14H,3,5,8-9,16H2,1-2H3,(H,17,19). The van der Waals surface area contributed by atoms with Crippen molar-refractivity contribution in [2.24, 2.45) is 0 Å². The van der Waals surface area contributed by atoms with Gasteiger partial charge in [0.25, 0.3) is 0 Å². The van der Waals surface area contributed by atoms with Crippen LogP contribution in [0, 0.1) is 0 Å². The summed E-state index contributed by atoms with van der Waals surface area (Å²) in [5.41, 5.74) is 7.15. The monoisotopic (exact) mass is 261 g/mol. The molecule has 104 valence electrons. The van der Waals surface area contributed by atoms with Crippen molar-refractivity contribution >= 4 is 17.3 Å². The van der Waals surface area contributed by atoms with E-state index in [1.54, 1.807) is 6.07 Å². The highest BCUT2D eigenvalue weighted by atomic mass is 16.2. The van der Waals surface area contributed by atoms with Gasteiger partial charge in [0.2, 0.25) is 5.91 Å². The zero-order valence-electron chi connectivity index (χ0n) is 11.7. The van der Waals surface area contributed by atoms with Crippen molar-refractivity contribution in [1.82, 2.24) is 4.90 Å². The fourth-order valence-corrected chi connectivity index (χ4v) is 2.82. The highest BCUT2D eigenvalue weighted by molar-refractivity contribution is 5.94. The van der Waals surface area contributed by atoms with Crippen molar-refractivity contribution in [3.05, 3.63) is 24.3 Å². The lowest BCUT2D eigenvalue weighted by atomic mass is 10.1. The molecule has 4 nitrogen and oxygen atoms in total. The molecule has 1 aliphatic rings. The molecule has 2 atom stereocenters. The number of carbonyl (C=O) groups excluding carboxylic acids is 1. The topological polar surface area (TPSA) is 58.4 Å². The van der Waals surface area contributed by atoms with Gasteiger partial charge >= 0.3 is 0 Å². The molecule has 0 aliphatic carbocycles. The van der Waals surface area contributed by atoms with Crippen LogP contribution in [0.4, 0.5) is 11.4 Å². The number of carbonyl (C=O) groups is 1. The minimum atomic E-state index is -0.0890. The maximum absolute atomic E-state index is 12.3. The molecule has 0 saturated carbocycles. The second kappa shape index (κ2) is 6.06. The van der Waals surface area contributed by atoms with Gasteiger partial charge in [-0.2, -0.15) is 0 Å². The normalized spacial score (nSPS) is 21.3. The zero-order chi connectivity index (χ0) is 13.8. The molecule has 1 fully saturated rings. The molecular formula is C15H23N3O. The molecular weight excluding hydrogens is 238 g/mol. The Kier molecular flexibility index (Phi) is 4.43. The lowest BCUT2D eigenvalue weighted by Crippen LogP contribution is -2.44. The summed E-state index contributed by atoms with van der Waals surface area (Å²) in [6.45, 7) is 5.19. The van der Waals surface area contributed by atoms with E-state index in [1.165, 1.54) is 12.8 Å². The van der Waals surface area contributed by atoms with Gasteiger partial charge in [-0.25, -0.2) is 0 Å². The average Bonchev–Trinajstić information content (AvgIpc) is 2.86. The van der Waals surface area contributed by atoms with Crippen LogP contribution in [0.15, 0.2) is 24.3 Å². The van der Waals surface area contributed by atoms with Gasteiger partial charge < -0.3 is 11.1 Å². The van der Waals surface area contributed by atoms with E-state index in [9.17, 15) is 4.79 Å². The van der Waals surface area contributed by atoms with E-state index in [0.717, 1.165) is 18.7 Å². The number of rotatable bonds is 4. The van der Waals surface area contributed by atoms with Gasteiger partial charge in [0, 0.05) is 17.4 Å². The maximum Gasteiger partial charge on any atom is 0.241 e. The largest absolute Gasteiger partial charge is 0.399 e. The van der Waals surface area contributed by atoms with Crippen LogP contribution in [0.5, 0.6) is 0 Å². The average molecular weight is 261 g/mol. The Morgan fingerprint density at radius 1 is 1.58 bits per heavy atom. The van der Waals surface area contributed by atoms with E-state index in [4.69, 9.17) is 5.73 Å². The third-order valence-electron chi connectivity index (χ3n) is 3.93. The third kappa shape index (κ3) is 3.26. The number of hydrogen-bond acceptors (Lipinski definition) is 3. The van der Waals surface area contributed by atoms with Crippen molar-refractivity contribution in [3.63, 3.8) is 0 Å². The number of nitrogens with two attached hydrogens (primary N) is 1. The number of nitrogens with one attached hydrogen (secondary N) is 1. The van der Waals surface area contributed by atoms with E-state index >= 15 is 0 Å². The zero-order valence-corrected chi connectivity index (χ0v) is 11.7. The number of benzene rings is 1. The Morgan fingerprint density at radius 2 is 2.37 bits per heavy atom. The highest BCUT2D eigenvalue weighted by Gasteiger charge is 2.30. The molecule has 4 heteroatoms. The summed E-state index contributed by atoms with van der Waals surface area (Å²) in [4.78, 5) is 14.6. The first kappa shape index (κ1) is 13.9. The smallest absolute Gasteiger partial charge is 0.241 e. The van der Waals surface area contributed by atoms with Crippen molar-refractivity contribution in [1.29, 1.82) is 0 Å². The van der Waals surface area contributed by atoms with Gasteiger partial charge in [-0.1, -0.05) is 13.0 Å². The summed E-state index contributed by atoms with van der Waals surface area (Å²) < 4.78 is 0. The molecule has 2 unspecified atom stereocenters. The highest BCUT2D eigenvalue weighted by Crippen LogP contribution is 2.23. The van der Waals surface area contributed by atoms with Crippen molar-refractivity contribution in [2.45, 2.75) is 45.2 Å². The quantitative estimate of drug-likeness (QED) is 0.819. The van der Waals surface area contributed by atoms with Gasteiger partial charge in [-0.15, -0.1) is 0 Å². The second-order valence-corrected chi connectivity index (χ2v) is 5.23. The van der Waals surface area contributed by atoms with Crippen molar-refractivity contribution < 1.29 is 4.79 Å². The summed E-state index contributed by atoms with van der Waals surface area (Å²) in [7, 11) is 0. The van der Waals surface area contributed by atoms with Crippen LogP contribution >= 0.6 is 0 Å². The minimum Gasteiger partial charge on any atom is -0.399 e. The van der Waals surface area contributed by atoms with Crippen LogP contribution in [0.1, 0.15) is 33.1 Å². The Morgan fingerprint density at radius 3 is 3.05 bits per heavy atom. The third-order valence-corrected chi connectivity index (χ3v) is 3.93. The first-order chi connectivity index (χ1) is 9.11. The molecule has 1 heterocycles. The number of nitrogens with zero attached hydrogens (tertiary/aromatic N) is 1. The molecule has 3 N–H and O–H groups in total. The summed E-state index contributed by atoms with van der Waals surface area (Å²) >= 11 is 0. The number of anilines is 2. The van der Waals surface area contributed by atoms with Crippen LogP contribution in [0.25, 0.3) is 0 Å². The molecule has 0 bridgehead atoms. The van der Waals surface area contributed by atoms with Gasteiger partial charge in [0.1, 0.15) is 0 Å². The molecule has 1 saturated heterocycles. The molecule has 19 heavy (non-hydrogen) atoms. The number of likely N-dealkylation sites (tertiary alicyclic amines) is 1. The Labute approximate surface area is 115 Å². The van der Waals surface area contributed by atoms with Crippen molar-refractivity contribution in [3.8, 4) is 0 Å². The molecule has 1 amide bonds. The predicted octanol–water partition coefficient (Wildman–Crippen LogP) is 2.47. The van der Waals surface area contributed by atoms with E-state index in [-0.39, 0.29) is 11.9 Å². The number of nitrogen functional groups attached to an aromatic ring is 1. The summed E-state index contributed by atoms with van der Waals surface area (Å²) in [5, 5.41) is 2.94. The summed E-state index contributed by atoms with van der Waals surface area (Å²) in [6, 6.07) is 7.76. The van der Waals surface area contributed by atoms with Crippen LogP contribution in [-0.4, -0.2) is 29.4 Å². The number of amides is 1. The van der Waals surface area contributed by atoms with Gasteiger partial charge in [0.05, 0.1) is 6.04 Å². The molecule has 0 radical (unpaired) electrons. The van der Waals surface area contributed by atoms with Gasteiger partial charge in [0.15, 0.2) is 0 Å². The fourth-order valence-electron chi connectivity index (χ4n) is 2.82. The molecule has 2 rings (SSSR count). The van der Waals surface area contributed by atoms with Crippen molar-refractivity contribution in [2.75, 3.05) is 17.6 Å². The predicted molar refractivity (Wildman–Crippen MR) is 79.0 cm³/mol. The first-order valence-corrected chi connectivity index (χ1v) is 7.04. The lowest BCUT2D eigenvalue weighted by molar-refractivity contribution is -0.121. The summed E-state index contributed by atoms with van der Waals surface area (Å²) in [5.74, 6) is 0.0472. The lowest BCUT2D eigenvalue weighted by Gasteiger charge is -2.29. The second-order valence-electron chi connectivity index (χ2n) is 5.23. The Bertz CT molecular complexity index is 447. The molecule has 1 aliphatic heterocycles. The molecule has 1 aromatic carbocycles. The van der Waals surface area contributed by atoms with E-state index in [2.05, 4.69) is 17.1 Å². The van der Waals surface area contributed by atoms with E-state index < -0.39 is 0 Å². The Hall–Kier alpha value is -1.55. The summed E-state index contributed by atoms with van der Waals surface area (Å²) in [6.07, 6.45) is 3.50. The van der Waals surface area contributed by atoms with Gasteiger partial charge in [-0.05, 0) is 50.9 Å². The van der Waals surface area contributed by atoms with E-state index in [0.29, 0.717) is 11.7 Å². The fraction of sp³-hybridized carbons (Fsp3) is 0.533. The molecule has 0 aromatic heterocycles. The van der Waals surface area contributed by atoms with Crippen LogP contribution in [-0.2, 0) is 4.79 Å². The molecule has 1 aromatic rings. The van der Waals surface area contributed by atoms with Crippen LogP contribution in [0.2, 0.25) is 0 Å².